The number of aryl methyl sites for hydroxylation is 4. The molecule has 0 bridgehead atoms. The first-order chi connectivity index (χ1) is 19.4. The molecule has 0 aliphatic carbocycles. The summed E-state index contributed by atoms with van der Waals surface area (Å²) in [5, 5.41) is 1.01. The predicted molar refractivity (Wildman–Crippen MR) is 162 cm³/mol. The minimum atomic E-state index is 0.707. The molecule has 0 N–H and O–H groups in total. The minimum Gasteiger partial charge on any atom is -0.449 e. The largest absolute Gasteiger partial charge is 0.449 e. The SMILES string of the molecule is Cc1ccc(-c2ccccc2)c(C)c1N1c2ccccc2Oc2c1oc1c(-c3cccc[n+]3C)c(C)cc(C)c21. The zero-order valence-corrected chi connectivity index (χ0v) is 23.4. The van der Waals surface area contributed by atoms with Gasteiger partial charge in [-0.3, -0.25) is 4.90 Å². The molecule has 0 unspecified atom stereocenters. The van der Waals surface area contributed by atoms with Crippen LogP contribution in [0.25, 0.3) is 33.4 Å². The number of hydrogen-bond donors (Lipinski definition) is 0. The molecule has 3 heterocycles. The van der Waals surface area contributed by atoms with Crippen LogP contribution in [0.2, 0.25) is 0 Å². The molecule has 7 rings (SSSR count). The van der Waals surface area contributed by atoms with Gasteiger partial charge in [0, 0.05) is 12.1 Å². The molecular formula is C36H31N2O2+. The topological polar surface area (TPSA) is 29.5 Å². The quantitative estimate of drug-likeness (QED) is 0.216. The lowest BCUT2D eigenvalue weighted by molar-refractivity contribution is -0.660. The van der Waals surface area contributed by atoms with E-state index in [4.69, 9.17) is 9.15 Å². The molecule has 40 heavy (non-hydrogen) atoms. The Labute approximate surface area is 234 Å². The second-order valence-electron chi connectivity index (χ2n) is 10.7. The van der Waals surface area contributed by atoms with Gasteiger partial charge < -0.3 is 9.15 Å². The Bertz CT molecular complexity index is 1940. The molecule has 0 fully saturated rings. The highest BCUT2D eigenvalue weighted by atomic mass is 16.5. The second kappa shape index (κ2) is 9.13. The van der Waals surface area contributed by atoms with E-state index in [2.05, 4.69) is 123 Å². The highest BCUT2D eigenvalue weighted by Gasteiger charge is 2.35. The third kappa shape index (κ3) is 3.56. The Morgan fingerprint density at radius 1 is 0.725 bits per heavy atom. The van der Waals surface area contributed by atoms with Gasteiger partial charge in [-0.1, -0.05) is 60.7 Å². The fraction of sp³-hybridized carbons (Fsp3) is 0.139. The van der Waals surface area contributed by atoms with E-state index < -0.39 is 0 Å². The van der Waals surface area contributed by atoms with Crippen LogP contribution in [0.4, 0.5) is 17.3 Å². The fourth-order valence-electron chi connectivity index (χ4n) is 6.21. The lowest BCUT2D eigenvalue weighted by Crippen LogP contribution is -2.30. The molecule has 2 aromatic heterocycles. The van der Waals surface area contributed by atoms with Crippen molar-refractivity contribution in [1.29, 1.82) is 0 Å². The number of para-hydroxylation sites is 2. The number of nitrogens with zero attached hydrogens (tertiary/aromatic N) is 2. The van der Waals surface area contributed by atoms with Crippen LogP contribution < -0.4 is 14.2 Å². The Hall–Kier alpha value is -4.83. The first kappa shape index (κ1) is 24.2. The van der Waals surface area contributed by atoms with Crippen LogP contribution in [0, 0.1) is 27.7 Å². The van der Waals surface area contributed by atoms with Crippen LogP contribution in [0.3, 0.4) is 0 Å². The predicted octanol–water partition coefficient (Wildman–Crippen LogP) is 9.40. The standard InChI is InChI=1S/C36H31N2O2/c1-22-18-19-27(26-13-7-6-8-14-26)25(4)33(22)38-28-15-9-10-17-30(28)39-35-32-24(3)21-23(2)31(34(32)40-36(35)38)29-16-11-12-20-37(29)5/h6-21H,1-5H3/q+1. The molecule has 0 saturated carbocycles. The normalized spacial score (nSPS) is 12.3. The summed E-state index contributed by atoms with van der Waals surface area (Å²) in [5.74, 6) is 2.28. The molecule has 4 nitrogen and oxygen atoms in total. The van der Waals surface area contributed by atoms with Gasteiger partial charge in [-0.2, -0.15) is 0 Å². The van der Waals surface area contributed by atoms with Crippen molar-refractivity contribution < 1.29 is 13.7 Å². The van der Waals surface area contributed by atoms with Crippen molar-refractivity contribution in [3.05, 3.63) is 119 Å². The molecule has 4 aromatic carbocycles. The van der Waals surface area contributed by atoms with Crippen LogP contribution in [0.15, 0.2) is 102 Å². The smallest absolute Gasteiger partial charge is 0.249 e. The lowest BCUT2D eigenvalue weighted by Gasteiger charge is -2.32. The third-order valence-corrected chi connectivity index (χ3v) is 8.07. The second-order valence-corrected chi connectivity index (χ2v) is 10.7. The van der Waals surface area contributed by atoms with Gasteiger partial charge in [-0.15, -0.1) is 0 Å². The Morgan fingerprint density at radius 3 is 2.27 bits per heavy atom. The van der Waals surface area contributed by atoms with Gasteiger partial charge in [0.25, 0.3) is 0 Å². The van der Waals surface area contributed by atoms with E-state index in [1.807, 2.05) is 18.2 Å². The first-order valence-electron chi connectivity index (χ1n) is 13.7. The van der Waals surface area contributed by atoms with Crippen molar-refractivity contribution in [2.24, 2.45) is 7.05 Å². The Morgan fingerprint density at radius 2 is 1.48 bits per heavy atom. The summed E-state index contributed by atoms with van der Waals surface area (Å²) in [7, 11) is 2.07. The van der Waals surface area contributed by atoms with E-state index in [0.29, 0.717) is 5.88 Å². The van der Waals surface area contributed by atoms with Crippen LogP contribution >= 0.6 is 0 Å². The molecular weight excluding hydrogens is 492 g/mol. The number of aromatic nitrogens is 1. The van der Waals surface area contributed by atoms with Gasteiger partial charge in [0.05, 0.1) is 22.3 Å². The Balaban J connectivity index is 1.56. The van der Waals surface area contributed by atoms with E-state index in [1.165, 1.54) is 27.8 Å². The van der Waals surface area contributed by atoms with Gasteiger partial charge >= 0.3 is 0 Å². The Kier molecular flexibility index (Phi) is 5.53. The van der Waals surface area contributed by atoms with Crippen molar-refractivity contribution in [2.45, 2.75) is 27.7 Å². The number of anilines is 3. The van der Waals surface area contributed by atoms with Crippen molar-refractivity contribution >= 4 is 28.2 Å². The summed E-state index contributed by atoms with van der Waals surface area (Å²) in [5.41, 5.74) is 12.1. The number of fused-ring (bicyclic) bond motifs is 4. The molecule has 0 spiro atoms. The van der Waals surface area contributed by atoms with Gasteiger partial charge in [0.2, 0.25) is 11.6 Å². The number of hydrogen-bond acceptors (Lipinski definition) is 3. The van der Waals surface area contributed by atoms with Crippen molar-refractivity contribution in [3.8, 4) is 33.9 Å². The highest BCUT2D eigenvalue weighted by Crippen LogP contribution is 2.57. The van der Waals surface area contributed by atoms with Crippen LogP contribution in [-0.4, -0.2) is 0 Å². The maximum absolute atomic E-state index is 6.96. The van der Waals surface area contributed by atoms with Gasteiger partial charge in [-0.05, 0) is 79.3 Å². The molecule has 0 amide bonds. The summed E-state index contributed by atoms with van der Waals surface area (Å²) in [6.07, 6.45) is 2.07. The molecule has 0 atom stereocenters. The van der Waals surface area contributed by atoms with Crippen LogP contribution in [0.5, 0.6) is 11.5 Å². The molecule has 0 radical (unpaired) electrons. The summed E-state index contributed by atoms with van der Waals surface area (Å²) in [6, 6.07) is 31.7. The number of ether oxygens (including phenoxy) is 1. The maximum Gasteiger partial charge on any atom is 0.249 e. The summed E-state index contributed by atoms with van der Waals surface area (Å²) >= 11 is 0. The fourth-order valence-corrected chi connectivity index (χ4v) is 6.21. The van der Waals surface area contributed by atoms with Crippen molar-refractivity contribution in [1.82, 2.24) is 0 Å². The minimum absolute atomic E-state index is 0.707. The third-order valence-electron chi connectivity index (χ3n) is 8.07. The zero-order valence-electron chi connectivity index (χ0n) is 23.4. The molecule has 0 saturated heterocycles. The molecule has 196 valence electrons. The number of rotatable bonds is 3. The highest BCUT2D eigenvalue weighted by molar-refractivity contribution is 6.05. The molecule has 1 aliphatic rings. The average molecular weight is 524 g/mol. The van der Waals surface area contributed by atoms with E-state index in [0.717, 1.165) is 50.7 Å². The number of benzene rings is 4. The molecule has 4 heteroatoms. The summed E-state index contributed by atoms with van der Waals surface area (Å²) in [4.78, 5) is 2.26. The van der Waals surface area contributed by atoms with Crippen LogP contribution in [-0.2, 0) is 7.05 Å². The van der Waals surface area contributed by atoms with Gasteiger partial charge in [0.15, 0.2) is 23.3 Å². The monoisotopic (exact) mass is 523 g/mol. The van der Waals surface area contributed by atoms with E-state index in [9.17, 15) is 0 Å². The number of pyridine rings is 1. The van der Waals surface area contributed by atoms with Gasteiger partial charge in [-0.25, -0.2) is 4.57 Å². The number of furan rings is 1. The average Bonchev–Trinajstić information content (AvgIpc) is 3.33. The van der Waals surface area contributed by atoms with Crippen molar-refractivity contribution in [2.75, 3.05) is 4.90 Å². The first-order valence-corrected chi connectivity index (χ1v) is 13.7. The van der Waals surface area contributed by atoms with E-state index in [-0.39, 0.29) is 0 Å². The summed E-state index contributed by atoms with van der Waals surface area (Å²) < 4.78 is 15.8. The summed E-state index contributed by atoms with van der Waals surface area (Å²) in [6.45, 7) is 8.67. The zero-order chi connectivity index (χ0) is 27.5. The van der Waals surface area contributed by atoms with Crippen molar-refractivity contribution in [3.63, 3.8) is 0 Å². The lowest BCUT2D eigenvalue weighted by atomic mass is 9.95. The molecule has 1 aliphatic heterocycles. The van der Waals surface area contributed by atoms with Gasteiger partial charge in [0.1, 0.15) is 7.05 Å². The van der Waals surface area contributed by atoms with Crippen LogP contribution in [0.1, 0.15) is 22.3 Å². The molecule has 6 aromatic rings. The maximum atomic E-state index is 6.96. The van der Waals surface area contributed by atoms with E-state index >= 15 is 0 Å². The van der Waals surface area contributed by atoms with E-state index in [1.54, 1.807) is 0 Å².